The molecule has 1 saturated carbocycles. The van der Waals surface area contributed by atoms with Crippen molar-refractivity contribution < 1.29 is 19.2 Å². The van der Waals surface area contributed by atoms with Gasteiger partial charge in [-0.2, -0.15) is 0 Å². The summed E-state index contributed by atoms with van der Waals surface area (Å²) in [6, 6.07) is -0.667. The van der Waals surface area contributed by atoms with Crippen molar-refractivity contribution >= 4 is 5.91 Å². The normalized spacial score (nSPS) is 26.2. The largest absolute Gasteiger partial charge is 0.381 e. The predicted octanol–water partition coefficient (Wildman–Crippen LogP) is 0.601. The molecule has 0 bridgehead atoms. The van der Waals surface area contributed by atoms with E-state index in [1.54, 1.807) is 0 Å². The van der Waals surface area contributed by atoms with Crippen molar-refractivity contribution in [2.75, 3.05) is 33.0 Å². The summed E-state index contributed by atoms with van der Waals surface area (Å²) in [5, 5.41) is 13.2. The monoisotopic (exact) mass is 286 g/mol. The van der Waals surface area contributed by atoms with Crippen LogP contribution in [0.5, 0.6) is 0 Å². The first-order chi connectivity index (χ1) is 9.68. The minimum atomic E-state index is -0.667. The Balaban J connectivity index is 1.44. The van der Waals surface area contributed by atoms with E-state index in [9.17, 15) is 14.9 Å². The fourth-order valence-corrected chi connectivity index (χ4v) is 2.38. The molecule has 7 heteroatoms. The van der Waals surface area contributed by atoms with Crippen molar-refractivity contribution in [1.29, 1.82) is 0 Å². The molecular formula is C13H22N2O5. The summed E-state index contributed by atoms with van der Waals surface area (Å²) >= 11 is 0. The van der Waals surface area contributed by atoms with Gasteiger partial charge in [0.25, 0.3) is 0 Å². The molecule has 0 aromatic heterocycles. The number of rotatable bonds is 8. The van der Waals surface area contributed by atoms with Crippen molar-refractivity contribution in [1.82, 2.24) is 5.32 Å². The maximum atomic E-state index is 11.5. The molecule has 1 aliphatic heterocycles. The van der Waals surface area contributed by atoms with Gasteiger partial charge >= 0.3 is 0 Å². The Hall–Kier alpha value is -1.21. The quantitative estimate of drug-likeness (QED) is 0.401. The molecule has 0 spiro atoms. The van der Waals surface area contributed by atoms with E-state index in [0.717, 1.165) is 39.1 Å². The lowest BCUT2D eigenvalue weighted by Gasteiger charge is -2.21. The van der Waals surface area contributed by atoms with Gasteiger partial charge < -0.3 is 14.8 Å². The first-order valence-corrected chi connectivity index (χ1v) is 7.25. The summed E-state index contributed by atoms with van der Waals surface area (Å²) < 4.78 is 10.8. The van der Waals surface area contributed by atoms with Crippen LogP contribution in [0.1, 0.15) is 25.7 Å². The van der Waals surface area contributed by atoms with E-state index < -0.39 is 12.0 Å². The lowest BCUT2D eigenvalue weighted by atomic mass is 10.0. The van der Waals surface area contributed by atoms with E-state index in [-0.39, 0.29) is 10.8 Å². The van der Waals surface area contributed by atoms with Gasteiger partial charge in [0.15, 0.2) is 0 Å². The molecule has 1 N–H and O–H groups in total. The van der Waals surface area contributed by atoms with Crippen molar-refractivity contribution in [3.05, 3.63) is 10.1 Å². The summed E-state index contributed by atoms with van der Waals surface area (Å²) in [6.07, 6.45) is 3.23. The number of nitrogens with zero attached hydrogens (tertiary/aromatic N) is 1. The molecule has 20 heavy (non-hydrogen) atoms. The van der Waals surface area contributed by atoms with E-state index in [4.69, 9.17) is 9.47 Å². The molecule has 7 nitrogen and oxygen atoms in total. The fourth-order valence-electron chi connectivity index (χ4n) is 2.38. The molecule has 1 heterocycles. The number of amides is 1. The van der Waals surface area contributed by atoms with Gasteiger partial charge in [-0.1, -0.05) is 0 Å². The number of nitrogens with one attached hydrogen (secondary N) is 1. The predicted molar refractivity (Wildman–Crippen MR) is 70.9 cm³/mol. The molecular weight excluding hydrogens is 264 g/mol. The molecule has 2 unspecified atom stereocenters. The summed E-state index contributed by atoms with van der Waals surface area (Å²) in [6.45, 7) is 3.53. The second-order valence-corrected chi connectivity index (χ2v) is 5.47. The highest BCUT2D eigenvalue weighted by Crippen LogP contribution is 2.32. The highest BCUT2D eigenvalue weighted by atomic mass is 16.6. The number of hydrogen-bond donors (Lipinski definition) is 1. The van der Waals surface area contributed by atoms with Gasteiger partial charge in [-0.15, -0.1) is 0 Å². The van der Waals surface area contributed by atoms with Crippen LogP contribution in [0.4, 0.5) is 0 Å². The van der Waals surface area contributed by atoms with Gasteiger partial charge in [-0.3, -0.25) is 14.9 Å². The van der Waals surface area contributed by atoms with E-state index >= 15 is 0 Å². The van der Waals surface area contributed by atoms with Crippen LogP contribution in [-0.4, -0.2) is 49.8 Å². The van der Waals surface area contributed by atoms with Crippen molar-refractivity contribution in [3.63, 3.8) is 0 Å². The molecule has 0 radical (unpaired) electrons. The molecule has 2 rings (SSSR count). The van der Waals surface area contributed by atoms with Crippen molar-refractivity contribution in [3.8, 4) is 0 Å². The summed E-state index contributed by atoms with van der Waals surface area (Å²) in [5.74, 6) is -0.0325. The molecule has 1 aliphatic carbocycles. The smallest absolute Gasteiger partial charge is 0.230 e. The van der Waals surface area contributed by atoms with Crippen LogP contribution < -0.4 is 5.32 Å². The molecule has 2 fully saturated rings. The van der Waals surface area contributed by atoms with E-state index in [2.05, 4.69) is 5.32 Å². The summed E-state index contributed by atoms with van der Waals surface area (Å²) in [5.41, 5.74) is 0. The highest BCUT2D eigenvalue weighted by Gasteiger charge is 2.53. The molecule has 1 amide bonds. The number of carbonyl (C=O) groups is 1. The standard InChI is InChI=1S/C13H22N2O5/c16-13(11-8-12(11)15(17)18)14-4-1-5-20-9-10-2-6-19-7-3-10/h10-12H,1-9H2,(H,14,16). The molecule has 1 saturated heterocycles. The second-order valence-electron chi connectivity index (χ2n) is 5.47. The second kappa shape index (κ2) is 7.54. The number of ether oxygens (including phenoxy) is 2. The Bertz CT molecular complexity index is 344. The molecule has 0 aromatic rings. The van der Waals surface area contributed by atoms with Gasteiger partial charge in [0, 0.05) is 44.3 Å². The maximum absolute atomic E-state index is 11.5. The minimum absolute atomic E-state index is 0.198. The van der Waals surface area contributed by atoms with Gasteiger partial charge in [0.05, 0.1) is 0 Å². The Kier molecular flexibility index (Phi) is 5.72. The first kappa shape index (κ1) is 15.2. The van der Waals surface area contributed by atoms with Crippen LogP contribution in [0, 0.1) is 22.0 Å². The van der Waals surface area contributed by atoms with Gasteiger partial charge in [-0.05, 0) is 25.2 Å². The average Bonchev–Trinajstić information content (AvgIpc) is 3.24. The van der Waals surface area contributed by atoms with Crippen molar-refractivity contribution in [2.45, 2.75) is 31.7 Å². The number of nitro groups is 1. The van der Waals surface area contributed by atoms with Crippen LogP contribution in [0.3, 0.4) is 0 Å². The zero-order chi connectivity index (χ0) is 14.4. The molecule has 2 aliphatic rings. The van der Waals surface area contributed by atoms with Gasteiger partial charge in [0.1, 0.15) is 5.92 Å². The van der Waals surface area contributed by atoms with Gasteiger partial charge in [-0.25, -0.2) is 0 Å². The first-order valence-electron chi connectivity index (χ1n) is 7.25. The molecule has 0 aromatic carbocycles. The maximum Gasteiger partial charge on any atom is 0.230 e. The summed E-state index contributed by atoms with van der Waals surface area (Å²) in [4.78, 5) is 21.6. The van der Waals surface area contributed by atoms with E-state index in [1.807, 2.05) is 0 Å². The van der Waals surface area contributed by atoms with Crippen molar-refractivity contribution in [2.24, 2.45) is 11.8 Å². The lowest BCUT2D eigenvalue weighted by Crippen LogP contribution is -2.29. The SMILES string of the molecule is O=C(NCCCOCC1CCOCC1)C1CC1[N+](=O)[O-]. The number of hydrogen-bond acceptors (Lipinski definition) is 5. The van der Waals surface area contributed by atoms with Crippen LogP contribution in [-0.2, 0) is 14.3 Å². The zero-order valence-corrected chi connectivity index (χ0v) is 11.6. The Morgan fingerprint density at radius 2 is 2.15 bits per heavy atom. The Labute approximate surface area is 118 Å². The molecule has 114 valence electrons. The summed E-state index contributed by atoms with van der Waals surface area (Å²) in [7, 11) is 0. The van der Waals surface area contributed by atoms with Crippen LogP contribution >= 0.6 is 0 Å². The zero-order valence-electron chi connectivity index (χ0n) is 11.6. The molecule has 2 atom stereocenters. The third-order valence-corrected chi connectivity index (χ3v) is 3.82. The topological polar surface area (TPSA) is 90.7 Å². The average molecular weight is 286 g/mol. The fraction of sp³-hybridized carbons (Fsp3) is 0.923. The van der Waals surface area contributed by atoms with Crippen LogP contribution in [0.25, 0.3) is 0 Å². The number of carbonyl (C=O) groups excluding carboxylic acids is 1. The van der Waals surface area contributed by atoms with E-state index in [0.29, 0.717) is 25.5 Å². The lowest BCUT2D eigenvalue weighted by molar-refractivity contribution is -0.497. The van der Waals surface area contributed by atoms with Crippen LogP contribution in [0.2, 0.25) is 0 Å². The Morgan fingerprint density at radius 3 is 2.80 bits per heavy atom. The Morgan fingerprint density at radius 1 is 1.40 bits per heavy atom. The highest BCUT2D eigenvalue weighted by molar-refractivity contribution is 5.81. The van der Waals surface area contributed by atoms with E-state index in [1.165, 1.54) is 0 Å². The third kappa shape index (κ3) is 4.72. The van der Waals surface area contributed by atoms with Gasteiger partial charge in [0.2, 0.25) is 11.9 Å². The van der Waals surface area contributed by atoms with Crippen LogP contribution in [0.15, 0.2) is 0 Å². The minimum Gasteiger partial charge on any atom is -0.381 e. The third-order valence-electron chi connectivity index (χ3n) is 3.82.